The number of benzene rings is 2. The van der Waals surface area contributed by atoms with Gasteiger partial charge in [-0.3, -0.25) is 4.90 Å². The molecule has 1 N–H and O–H groups in total. The summed E-state index contributed by atoms with van der Waals surface area (Å²) in [5, 5.41) is 21.8. The van der Waals surface area contributed by atoms with E-state index in [0.717, 1.165) is 0 Å². The van der Waals surface area contributed by atoms with Crippen LogP contribution in [0, 0.1) is 39.8 Å². The lowest BCUT2D eigenvalue weighted by Crippen LogP contribution is -2.47. The van der Waals surface area contributed by atoms with Gasteiger partial charge in [-0.05, 0) is 35.6 Å². The second-order valence-corrected chi connectivity index (χ2v) is 17.6. The van der Waals surface area contributed by atoms with Crippen LogP contribution in [0.2, 0.25) is 29.7 Å². The molecule has 4 atom stereocenters. The van der Waals surface area contributed by atoms with E-state index in [9.17, 15) is 10.4 Å². The third-order valence-corrected chi connectivity index (χ3v) is 8.28. The van der Waals surface area contributed by atoms with E-state index >= 15 is 8.78 Å². The van der Waals surface area contributed by atoms with Gasteiger partial charge in [-0.25, -0.2) is 8.78 Å². The molecule has 37 heavy (non-hydrogen) atoms. The van der Waals surface area contributed by atoms with E-state index in [1.807, 2.05) is 25.7 Å². The zero-order chi connectivity index (χ0) is 27.8. The SMILES string of the molecule is CC(C)(C)C[C@@H]1N(CC#C[Si](C)(C)C)[C@@H](CO)[C@H](c2cccc(Cl)c2F)[C@@]1(C#N)c1ccc(Cl)cc1F. The molecule has 198 valence electrons. The Kier molecular flexibility index (Phi) is 8.84. The van der Waals surface area contributed by atoms with Gasteiger partial charge in [-0.15, -0.1) is 5.54 Å². The summed E-state index contributed by atoms with van der Waals surface area (Å²) in [7, 11) is -1.72. The minimum atomic E-state index is -1.72. The fourth-order valence-corrected chi connectivity index (χ4v) is 6.43. The topological polar surface area (TPSA) is 47.3 Å². The Morgan fingerprint density at radius 2 is 1.81 bits per heavy atom. The Labute approximate surface area is 230 Å². The Hall–Kier alpha value is -1.93. The van der Waals surface area contributed by atoms with Gasteiger partial charge in [0.05, 0.1) is 24.2 Å². The van der Waals surface area contributed by atoms with Gasteiger partial charge in [0.25, 0.3) is 0 Å². The molecule has 1 aliphatic rings. The Balaban J connectivity index is 2.41. The minimum absolute atomic E-state index is 0.0954. The van der Waals surface area contributed by atoms with E-state index in [2.05, 4.69) is 37.2 Å². The van der Waals surface area contributed by atoms with Crippen molar-refractivity contribution in [2.24, 2.45) is 5.41 Å². The Morgan fingerprint density at radius 3 is 2.35 bits per heavy atom. The van der Waals surface area contributed by atoms with Crippen molar-refractivity contribution in [2.75, 3.05) is 13.2 Å². The molecular weight excluding hydrogens is 529 g/mol. The molecule has 3 rings (SSSR count). The van der Waals surface area contributed by atoms with E-state index in [1.54, 1.807) is 18.2 Å². The lowest BCUT2D eigenvalue weighted by atomic mass is 9.62. The highest BCUT2D eigenvalue weighted by atomic mass is 35.5. The number of likely N-dealkylation sites (tertiary alicyclic amines) is 1. The van der Waals surface area contributed by atoms with Crippen LogP contribution in [0.15, 0.2) is 36.4 Å². The quantitative estimate of drug-likeness (QED) is 0.310. The lowest BCUT2D eigenvalue weighted by molar-refractivity contribution is 0.113. The molecule has 1 heterocycles. The van der Waals surface area contributed by atoms with Crippen molar-refractivity contribution in [3.05, 3.63) is 69.2 Å². The normalized spacial score (nSPS) is 24.4. The molecule has 1 fully saturated rings. The van der Waals surface area contributed by atoms with Crippen LogP contribution in [0.3, 0.4) is 0 Å². The average Bonchev–Trinajstić information content (AvgIpc) is 3.02. The molecule has 2 aromatic rings. The van der Waals surface area contributed by atoms with Crippen molar-refractivity contribution >= 4 is 31.3 Å². The number of rotatable bonds is 5. The number of nitrogens with zero attached hydrogens (tertiary/aromatic N) is 2. The number of hydrogen-bond donors (Lipinski definition) is 1. The maximum Gasteiger partial charge on any atom is 0.145 e. The van der Waals surface area contributed by atoms with Crippen molar-refractivity contribution in [1.29, 1.82) is 5.26 Å². The van der Waals surface area contributed by atoms with Crippen molar-refractivity contribution in [1.82, 2.24) is 4.90 Å². The first-order valence-corrected chi connectivity index (χ1v) is 16.6. The van der Waals surface area contributed by atoms with Gasteiger partial charge in [0.2, 0.25) is 0 Å². The number of nitriles is 1. The smallest absolute Gasteiger partial charge is 0.145 e. The summed E-state index contributed by atoms with van der Waals surface area (Å²) < 4.78 is 31.4. The molecule has 0 spiro atoms. The van der Waals surface area contributed by atoms with E-state index in [1.165, 1.54) is 18.2 Å². The predicted octanol–water partition coefficient (Wildman–Crippen LogP) is 7.18. The number of aliphatic hydroxyl groups is 1. The third-order valence-electron chi connectivity index (χ3n) is 6.82. The summed E-state index contributed by atoms with van der Waals surface area (Å²) in [5.41, 5.74) is 1.81. The van der Waals surface area contributed by atoms with Crippen LogP contribution in [-0.2, 0) is 5.41 Å². The maximum absolute atomic E-state index is 15.7. The first-order chi connectivity index (χ1) is 17.2. The molecule has 0 saturated carbocycles. The molecule has 0 unspecified atom stereocenters. The third kappa shape index (κ3) is 6.05. The summed E-state index contributed by atoms with van der Waals surface area (Å²) in [4.78, 5) is 1.97. The van der Waals surface area contributed by atoms with Crippen LogP contribution >= 0.6 is 23.2 Å². The van der Waals surface area contributed by atoms with Crippen LogP contribution in [0.5, 0.6) is 0 Å². The fourth-order valence-electron chi connectivity index (χ4n) is 5.48. The van der Waals surface area contributed by atoms with Crippen LogP contribution in [0.25, 0.3) is 0 Å². The number of hydrogen-bond acceptors (Lipinski definition) is 3. The summed E-state index contributed by atoms with van der Waals surface area (Å²) in [5.74, 6) is 1.03. The number of aliphatic hydroxyl groups excluding tert-OH is 1. The minimum Gasteiger partial charge on any atom is -0.395 e. The van der Waals surface area contributed by atoms with Crippen molar-refractivity contribution < 1.29 is 13.9 Å². The highest BCUT2D eigenvalue weighted by Crippen LogP contribution is 2.56. The molecule has 8 heteroatoms. The van der Waals surface area contributed by atoms with E-state index < -0.39 is 43.1 Å². The molecule has 0 aromatic heterocycles. The first kappa shape index (κ1) is 29.6. The monoisotopic (exact) mass is 562 g/mol. The maximum atomic E-state index is 15.7. The van der Waals surface area contributed by atoms with E-state index in [0.29, 0.717) is 6.42 Å². The molecule has 0 aliphatic carbocycles. The summed E-state index contributed by atoms with van der Waals surface area (Å²) >= 11 is 12.3. The first-order valence-electron chi connectivity index (χ1n) is 12.3. The van der Waals surface area contributed by atoms with Gasteiger partial charge in [0.1, 0.15) is 25.1 Å². The molecule has 1 saturated heterocycles. The largest absolute Gasteiger partial charge is 0.395 e. The molecule has 1 aliphatic heterocycles. The highest BCUT2D eigenvalue weighted by Gasteiger charge is 2.62. The zero-order valence-electron chi connectivity index (χ0n) is 22.2. The predicted molar refractivity (Wildman–Crippen MR) is 149 cm³/mol. The second-order valence-electron chi connectivity index (χ2n) is 12.0. The van der Waals surface area contributed by atoms with Crippen molar-refractivity contribution in [2.45, 2.75) is 70.2 Å². The Morgan fingerprint density at radius 1 is 1.14 bits per heavy atom. The Bertz CT molecular complexity index is 1260. The molecule has 3 nitrogen and oxygen atoms in total. The standard InChI is InChI=1S/C29H34Cl2F2N2OSi/c1-28(2,3)16-25-29(18-34,21-12-11-19(30)15-23(21)32)26(20-9-7-10-22(31)27(20)33)24(17-36)35(25)13-8-14-37(4,5)6/h7,9-12,15,24-26,36H,13,16-17H2,1-6H3/t24-,25-,26-,29-/m0/s1. The van der Waals surface area contributed by atoms with E-state index in [4.69, 9.17) is 23.2 Å². The average molecular weight is 564 g/mol. The summed E-state index contributed by atoms with van der Waals surface area (Å²) in [6.45, 7) is 12.4. The van der Waals surface area contributed by atoms with Gasteiger partial charge in [-0.2, -0.15) is 5.26 Å². The fraction of sp³-hybridized carbons (Fsp3) is 0.483. The molecular formula is C29H34Cl2F2N2OSi. The van der Waals surface area contributed by atoms with Crippen molar-refractivity contribution in [3.8, 4) is 17.5 Å². The van der Waals surface area contributed by atoms with Gasteiger partial charge in [0.15, 0.2) is 0 Å². The second kappa shape index (κ2) is 11.0. The van der Waals surface area contributed by atoms with Crippen LogP contribution in [0.1, 0.15) is 44.2 Å². The van der Waals surface area contributed by atoms with Gasteiger partial charge in [0, 0.05) is 28.6 Å². The van der Waals surface area contributed by atoms with Gasteiger partial charge in [-0.1, -0.05) is 87.7 Å². The lowest BCUT2D eigenvalue weighted by Gasteiger charge is -2.39. The molecule has 0 radical (unpaired) electrons. The summed E-state index contributed by atoms with van der Waals surface area (Å²) in [6, 6.07) is 10.0. The molecule has 0 bridgehead atoms. The van der Waals surface area contributed by atoms with Crippen molar-refractivity contribution in [3.63, 3.8) is 0 Å². The highest BCUT2D eigenvalue weighted by molar-refractivity contribution is 6.83. The number of halogens is 4. The molecule has 0 amide bonds. The van der Waals surface area contributed by atoms with E-state index in [-0.39, 0.29) is 39.7 Å². The van der Waals surface area contributed by atoms with Crippen LogP contribution in [-0.4, -0.2) is 43.3 Å². The molecule has 2 aromatic carbocycles. The van der Waals surface area contributed by atoms with Crippen LogP contribution in [0.4, 0.5) is 8.78 Å². The van der Waals surface area contributed by atoms with Gasteiger partial charge >= 0.3 is 0 Å². The zero-order valence-corrected chi connectivity index (χ0v) is 24.7. The van der Waals surface area contributed by atoms with Gasteiger partial charge < -0.3 is 5.11 Å². The summed E-state index contributed by atoms with van der Waals surface area (Å²) in [6.07, 6.45) is 0.479. The van der Waals surface area contributed by atoms with Crippen LogP contribution < -0.4 is 0 Å².